The number of hydrogen-bond acceptors (Lipinski definition) is 1. The minimum atomic E-state index is 0.373. The molecule has 55 valence electrons. The van der Waals surface area contributed by atoms with Crippen LogP contribution in [0.1, 0.15) is 25.7 Å². The summed E-state index contributed by atoms with van der Waals surface area (Å²) in [5.41, 5.74) is 0. The molecule has 0 aromatic rings. The van der Waals surface area contributed by atoms with E-state index in [0.717, 1.165) is 32.2 Å². The van der Waals surface area contributed by atoms with Gasteiger partial charge in [0.1, 0.15) is 0 Å². The lowest BCUT2D eigenvalue weighted by Crippen LogP contribution is -2.40. The lowest BCUT2D eigenvalue weighted by atomic mass is 9.92. The molecule has 0 bridgehead atoms. The third-order valence-electron chi connectivity index (χ3n) is 2.43. The van der Waals surface area contributed by atoms with Crippen LogP contribution in [0.15, 0.2) is 0 Å². The van der Waals surface area contributed by atoms with E-state index in [1.807, 2.05) is 4.90 Å². The highest BCUT2D eigenvalue weighted by Gasteiger charge is 2.31. The Kier molecular flexibility index (Phi) is 1.40. The fourth-order valence-corrected chi connectivity index (χ4v) is 1.63. The van der Waals surface area contributed by atoms with Crippen LogP contribution in [0.25, 0.3) is 0 Å². The van der Waals surface area contributed by atoms with Gasteiger partial charge in [0.05, 0.1) is 0 Å². The van der Waals surface area contributed by atoms with Crippen LogP contribution in [0.4, 0.5) is 0 Å². The van der Waals surface area contributed by atoms with Gasteiger partial charge >= 0.3 is 0 Å². The Morgan fingerprint density at radius 1 is 1.50 bits per heavy atom. The van der Waals surface area contributed by atoms with Gasteiger partial charge in [-0.3, -0.25) is 4.79 Å². The summed E-state index contributed by atoms with van der Waals surface area (Å²) in [5, 5.41) is 0. The van der Waals surface area contributed by atoms with Crippen LogP contribution in [0, 0.1) is 6.42 Å². The summed E-state index contributed by atoms with van der Waals surface area (Å²) in [5.74, 6) is 0.373. The fourth-order valence-electron chi connectivity index (χ4n) is 1.63. The van der Waals surface area contributed by atoms with Crippen molar-refractivity contribution < 1.29 is 4.79 Å². The van der Waals surface area contributed by atoms with Gasteiger partial charge in [0, 0.05) is 19.0 Å². The molecule has 1 heterocycles. The van der Waals surface area contributed by atoms with E-state index >= 15 is 0 Å². The molecule has 0 aromatic heterocycles. The van der Waals surface area contributed by atoms with E-state index in [1.54, 1.807) is 0 Å². The summed E-state index contributed by atoms with van der Waals surface area (Å²) in [7, 11) is 0. The predicted octanol–water partition coefficient (Wildman–Crippen LogP) is 0.975. The molecule has 0 aromatic carbocycles. The summed E-state index contributed by atoms with van der Waals surface area (Å²) >= 11 is 0. The van der Waals surface area contributed by atoms with E-state index in [-0.39, 0.29) is 0 Å². The molecule has 0 spiro atoms. The average molecular weight is 138 g/mol. The molecule has 1 aliphatic heterocycles. The van der Waals surface area contributed by atoms with Crippen molar-refractivity contribution in [2.45, 2.75) is 31.7 Å². The standard InChI is InChI=1S/C8H12NO/c10-8-5-2-6-9(8)7-3-1-4-7/h1,7H,2-6H2. The summed E-state index contributed by atoms with van der Waals surface area (Å²) in [6, 6.07) is 0.579. The highest BCUT2D eigenvalue weighted by Crippen LogP contribution is 2.27. The maximum Gasteiger partial charge on any atom is 0.222 e. The van der Waals surface area contributed by atoms with E-state index in [2.05, 4.69) is 6.42 Å². The number of carbonyl (C=O) groups excluding carboxylic acids is 1. The first-order chi connectivity index (χ1) is 4.88. The summed E-state index contributed by atoms with van der Waals surface area (Å²) in [6.45, 7) is 1.01. The van der Waals surface area contributed by atoms with Crippen LogP contribution < -0.4 is 0 Å². The van der Waals surface area contributed by atoms with Crippen molar-refractivity contribution in [1.29, 1.82) is 0 Å². The first kappa shape index (κ1) is 6.20. The Morgan fingerprint density at radius 2 is 2.30 bits per heavy atom. The van der Waals surface area contributed by atoms with Crippen LogP contribution in [0.3, 0.4) is 0 Å². The molecule has 0 unspecified atom stereocenters. The molecule has 1 radical (unpaired) electrons. The Labute approximate surface area is 61.2 Å². The van der Waals surface area contributed by atoms with Gasteiger partial charge in [-0.2, -0.15) is 0 Å². The van der Waals surface area contributed by atoms with Gasteiger partial charge in [0.25, 0.3) is 0 Å². The van der Waals surface area contributed by atoms with Gasteiger partial charge in [0.2, 0.25) is 5.91 Å². The molecule has 1 saturated carbocycles. The van der Waals surface area contributed by atoms with Crippen molar-refractivity contribution in [3.8, 4) is 0 Å². The quantitative estimate of drug-likeness (QED) is 0.529. The van der Waals surface area contributed by atoms with Crippen LogP contribution >= 0.6 is 0 Å². The van der Waals surface area contributed by atoms with Crippen molar-refractivity contribution in [2.75, 3.05) is 6.54 Å². The molecule has 10 heavy (non-hydrogen) atoms. The largest absolute Gasteiger partial charge is 0.340 e. The molecule has 2 heteroatoms. The lowest BCUT2D eigenvalue weighted by Gasteiger charge is -2.34. The monoisotopic (exact) mass is 138 g/mol. The molecule has 1 saturated heterocycles. The van der Waals surface area contributed by atoms with Gasteiger partial charge in [-0.15, -0.1) is 0 Å². The van der Waals surface area contributed by atoms with Crippen LogP contribution in [-0.4, -0.2) is 23.4 Å². The summed E-state index contributed by atoms with van der Waals surface area (Å²) in [4.78, 5) is 13.2. The van der Waals surface area contributed by atoms with Crippen molar-refractivity contribution in [3.63, 3.8) is 0 Å². The highest BCUT2D eigenvalue weighted by molar-refractivity contribution is 5.78. The number of carbonyl (C=O) groups is 1. The third kappa shape index (κ3) is 0.825. The smallest absolute Gasteiger partial charge is 0.222 e. The van der Waals surface area contributed by atoms with E-state index < -0.39 is 0 Å². The van der Waals surface area contributed by atoms with Gasteiger partial charge in [-0.05, 0) is 25.7 Å². The highest BCUT2D eigenvalue weighted by atomic mass is 16.2. The second kappa shape index (κ2) is 2.26. The van der Waals surface area contributed by atoms with Crippen molar-refractivity contribution >= 4 is 5.91 Å². The molecular weight excluding hydrogens is 126 g/mol. The minimum Gasteiger partial charge on any atom is -0.340 e. The maximum absolute atomic E-state index is 11.1. The number of hydrogen-bond donors (Lipinski definition) is 0. The Morgan fingerprint density at radius 3 is 2.70 bits per heavy atom. The molecule has 2 aliphatic rings. The minimum absolute atomic E-state index is 0.373. The zero-order chi connectivity index (χ0) is 6.97. The van der Waals surface area contributed by atoms with E-state index in [9.17, 15) is 4.79 Å². The van der Waals surface area contributed by atoms with Crippen molar-refractivity contribution in [1.82, 2.24) is 4.90 Å². The number of amides is 1. The molecule has 1 aliphatic carbocycles. The molecule has 0 N–H and O–H groups in total. The predicted molar refractivity (Wildman–Crippen MR) is 38.3 cm³/mol. The normalized spacial score (nSPS) is 27.2. The topological polar surface area (TPSA) is 20.3 Å². The molecule has 0 atom stereocenters. The second-order valence-electron chi connectivity index (χ2n) is 3.10. The Hall–Kier alpha value is -0.530. The van der Waals surface area contributed by atoms with E-state index in [0.29, 0.717) is 11.9 Å². The maximum atomic E-state index is 11.1. The Balaban J connectivity index is 1.96. The first-order valence-corrected chi connectivity index (χ1v) is 3.99. The SMILES string of the molecule is O=C1CCCN1C1C[CH]C1. The van der Waals surface area contributed by atoms with Gasteiger partial charge in [-0.25, -0.2) is 0 Å². The molecule has 1 amide bonds. The van der Waals surface area contributed by atoms with Crippen LogP contribution in [-0.2, 0) is 4.79 Å². The zero-order valence-electron chi connectivity index (χ0n) is 6.05. The van der Waals surface area contributed by atoms with Crippen molar-refractivity contribution in [3.05, 3.63) is 6.42 Å². The van der Waals surface area contributed by atoms with Crippen molar-refractivity contribution in [2.24, 2.45) is 0 Å². The average Bonchev–Trinajstić information content (AvgIpc) is 2.12. The van der Waals surface area contributed by atoms with Crippen LogP contribution in [0.5, 0.6) is 0 Å². The molecule has 2 nitrogen and oxygen atoms in total. The number of nitrogens with zero attached hydrogens (tertiary/aromatic N) is 1. The first-order valence-electron chi connectivity index (χ1n) is 3.99. The summed E-state index contributed by atoms with van der Waals surface area (Å²) < 4.78 is 0. The second-order valence-corrected chi connectivity index (χ2v) is 3.10. The van der Waals surface area contributed by atoms with E-state index in [4.69, 9.17) is 0 Å². The molecule has 2 rings (SSSR count). The number of rotatable bonds is 1. The lowest BCUT2D eigenvalue weighted by molar-refractivity contribution is -0.130. The van der Waals surface area contributed by atoms with Gasteiger partial charge < -0.3 is 4.90 Å². The summed E-state index contributed by atoms with van der Waals surface area (Å²) in [6.07, 6.45) is 6.37. The fraction of sp³-hybridized carbons (Fsp3) is 0.750. The third-order valence-corrected chi connectivity index (χ3v) is 2.43. The van der Waals surface area contributed by atoms with Gasteiger partial charge in [-0.1, -0.05) is 0 Å². The van der Waals surface area contributed by atoms with E-state index in [1.165, 1.54) is 0 Å². The number of likely N-dealkylation sites (tertiary alicyclic amines) is 1. The zero-order valence-corrected chi connectivity index (χ0v) is 6.05. The Bertz CT molecular complexity index is 151. The van der Waals surface area contributed by atoms with Gasteiger partial charge in [0.15, 0.2) is 0 Å². The van der Waals surface area contributed by atoms with Crippen LogP contribution in [0.2, 0.25) is 0 Å². The molecule has 2 fully saturated rings. The molecular formula is C8H12NO.